The van der Waals surface area contributed by atoms with Crippen LogP contribution in [0.15, 0.2) is 18.2 Å². The van der Waals surface area contributed by atoms with Crippen LogP contribution in [0.5, 0.6) is 0 Å². The Morgan fingerprint density at radius 3 is 2.68 bits per heavy atom. The van der Waals surface area contributed by atoms with Crippen LogP contribution in [-0.4, -0.2) is 34.1 Å². The van der Waals surface area contributed by atoms with Gasteiger partial charge in [0.25, 0.3) is 5.69 Å². The molecule has 0 amide bonds. The summed E-state index contributed by atoms with van der Waals surface area (Å²) in [6.07, 6.45) is 0.652. The highest BCUT2D eigenvalue weighted by Gasteiger charge is 2.18. The van der Waals surface area contributed by atoms with Gasteiger partial charge in [-0.15, -0.1) is 0 Å². The molecule has 0 heterocycles. The molecule has 0 unspecified atom stereocenters. The molecule has 0 bridgehead atoms. The van der Waals surface area contributed by atoms with Crippen LogP contribution < -0.4 is 0 Å². The van der Waals surface area contributed by atoms with Crippen molar-refractivity contribution in [3.63, 3.8) is 0 Å². The van der Waals surface area contributed by atoms with Crippen molar-refractivity contribution in [2.75, 3.05) is 13.2 Å². The van der Waals surface area contributed by atoms with E-state index in [9.17, 15) is 10.1 Å². The fourth-order valence-corrected chi connectivity index (χ4v) is 2.02. The molecule has 0 fully saturated rings. The quantitative estimate of drug-likeness (QED) is 0.618. The van der Waals surface area contributed by atoms with Crippen LogP contribution in [0.3, 0.4) is 0 Å². The van der Waals surface area contributed by atoms with Gasteiger partial charge in [-0.25, -0.2) is 0 Å². The number of nitro groups is 1. The zero-order chi connectivity index (χ0) is 14.4. The monoisotopic (exact) mass is 286 g/mol. The average Bonchev–Trinajstić information content (AvgIpc) is 2.35. The highest BCUT2D eigenvalue weighted by molar-refractivity contribution is 6.30. The lowest BCUT2D eigenvalue weighted by molar-refractivity contribution is -0.385. The molecule has 0 atom stereocenters. The van der Waals surface area contributed by atoms with Gasteiger partial charge in [-0.2, -0.15) is 0 Å². The number of benzene rings is 1. The molecule has 1 N–H and O–H groups in total. The van der Waals surface area contributed by atoms with E-state index in [2.05, 4.69) is 4.90 Å². The molecule has 6 heteroatoms. The number of hydrogen-bond donors (Lipinski definition) is 1. The smallest absolute Gasteiger partial charge is 0.275 e. The summed E-state index contributed by atoms with van der Waals surface area (Å²) in [5.41, 5.74) is 0.684. The maximum atomic E-state index is 11.0. The van der Waals surface area contributed by atoms with Crippen molar-refractivity contribution < 1.29 is 10.0 Å². The summed E-state index contributed by atoms with van der Waals surface area (Å²) in [5, 5.41) is 20.3. The standard InChI is InChI=1S/C13H19ClN2O3/c1-10(2)15(6-3-7-17)9-11-4-5-12(14)8-13(11)16(18)19/h4-5,8,10,17H,3,6-7,9H2,1-2H3. The molecule has 19 heavy (non-hydrogen) atoms. The van der Waals surface area contributed by atoms with E-state index in [1.54, 1.807) is 12.1 Å². The van der Waals surface area contributed by atoms with Crippen molar-refractivity contribution in [1.82, 2.24) is 4.90 Å². The molecule has 0 aromatic heterocycles. The van der Waals surface area contributed by atoms with Gasteiger partial charge in [-0.3, -0.25) is 15.0 Å². The van der Waals surface area contributed by atoms with Crippen LogP contribution in [0.25, 0.3) is 0 Å². The minimum atomic E-state index is -0.411. The summed E-state index contributed by atoms with van der Waals surface area (Å²) in [7, 11) is 0. The third-order valence-corrected chi connectivity index (χ3v) is 3.19. The topological polar surface area (TPSA) is 66.6 Å². The van der Waals surface area contributed by atoms with Gasteiger partial charge in [0.05, 0.1) is 4.92 Å². The summed E-state index contributed by atoms with van der Waals surface area (Å²) < 4.78 is 0. The van der Waals surface area contributed by atoms with Crippen molar-refractivity contribution in [2.24, 2.45) is 0 Å². The second kappa shape index (κ2) is 7.43. The Labute approximate surface area is 117 Å². The van der Waals surface area contributed by atoms with E-state index in [1.807, 2.05) is 13.8 Å². The number of nitro benzene ring substituents is 1. The van der Waals surface area contributed by atoms with Crippen molar-refractivity contribution in [3.05, 3.63) is 38.9 Å². The van der Waals surface area contributed by atoms with Gasteiger partial charge in [0.2, 0.25) is 0 Å². The van der Waals surface area contributed by atoms with Crippen LogP contribution in [0.2, 0.25) is 5.02 Å². The molecular formula is C13H19ClN2O3. The minimum absolute atomic E-state index is 0.0437. The molecular weight excluding hydrogens is 268 g/mol. The molecule has 0 aliphatic heterocycles. The fraction of sp³-hybridized carbons (Fsp3) is 0.538. The highest BCUT2D eigenvalue weighted by atomic mass is 35.5. The Morgan fingerprint density at radius 1 is 1.47 bits per heavy atom. The molecule has 1 aromatic rings. The predicted octanol–water partition coefficient (Wildman–Crippen LogP) is 2.84. The Bertz CT molecular complexity index is 438. The molecule has 1 aromatic carbocycles. The SMILES string of the molecule is CC(C)N(CCCO)Cc1ccc(Cl)cc1[N+](=O)[O-]. The summed E-state index contributed by atoms with van der Waals surface area (Å²) >= 11 is 5.79. The number of rotatable bonds is 7. The van der Waals surface area contributed by atoms with E-state index in [4.69, 9.17) is 16.7 Å². The van der Waals surface area contributed by atoms with Crippen LogP contribution in [0.4, 0.5) is 5.69 Å². The van der Waals surface area contributed by atoms with Gasteiger partial charge >= 0.3 is 0 Å². The van der Waals surface area contributed by atoms with Crippen molar-refractivity contribution in [2.45, 2.75) is 32.9 Å². The highest BCUT2D eigenvalue weighted by Crippen LogP contribution is 2.25. The Kier molecular flexibility index (Phi) is 6.21. The molecule has 5 nitrogen and oxygen atoms in total. The van der Waals surface area contributed by atoms with Crippen molar-refractivity contribution in [1.29, 1.82) is 0 Å². The predicted molar refractivity (Wildman–Crippen MR) is 75.4 cm³/mol. The molecule has 0 spiro atoms. The number of nitrogens with zero attached hydrogens (tertiary/aromatic N) is 2. The lowest BCUT2D eigenvalue weighted by Crippen LogP contribution is -2.32. The second-order valence-corrected chi connectivity index (χ2v) is 5.11. The summed E-state index contributed by atoms with van der Waals surface area (Å²) in [6.45, 7) is 5.35. The third kappa shape index (κ3) is 4.78. The Hall–Kier alpha value is -1.17. The van der Waals surface area contributed by atoms with Gasteiger partial charge in [-0.05, 0) is 32.4 Å². The number of hydrogen-bond acceptors (Lipinski definition) is 4. The average molecular weight is 287 g/mol. The molecule has 0 aliphatic rings. The van der Waals surface area contributed by atoms with E-state index >= 15 is 0 Å². The van der Waals surface area contributed by atoms with E-state index in [-0.39, 0.29) is 18.3 Å². The van der Waals surface area contributed by atoms with E-state index < -0.39 is 4.92 Å². The van der Waals surface area contributed by atoms with Crippen molar-refractivity contribution in [3.8, 4) is 0 Å². The first-order valence-corrected chi connectivity index (χ1v) is 6.61. The zero-order valence-electron chi connectivity index (χ0n) is 11.2. The van der Waals surface area contributed by atoms with Crippen LogP contribution in [0, 0.1) is 10.1 Å². The van der Waals surface area contributed by atoms with E-state index in [0.29, 0.717) is 30.1 Å². The lowest BCUT2D eigenvalue weighted by atomic mass is 10.1. The van der Waals surface area contributed by atoms with E-state index in [1.165, 1.54) is 6.07 Å². The summed E-state index contributed by atoms with van der Waals surface area (Å²) in [6, 6.07) is 4.98. The molecule has 0 saturated heterocycles. The summed E-state index contributed by atoms with van der Waals surface area (Å²) in [5.74, 6) is 0. The van der Waals surface area contributed by atoms with Crippen LogP contribution in [0.1, 0.15) is 25.8 Å². The van der Waals surface area contributed by atoms with Gasteiger partial charge in [0.1, 0.15) is 0 Å². The van der Waals surface area contributed by atoms with Gasteiger partial charge in [-0.1, -0.05) is 11.6 Å². The molecule has 0 aliphatic carbocycles. The number of aliphatic hydroxyl groups excluding tert-OH is 1. The Balaban J connectivity index is 2.92. The van der Waals surface area contributed by atoms with Gasteiger partial charge < -0.3 is 5.11 Å². The first kappa shape index (κ1) is 15.9. The first-order chi connectivity index (χ1) is 8.95. The minimum Gasteiger partial charge on any atom is -0.396 e. The van der Waals surface area contributed by atoms with Crippen molar-refractivity contribution >= 4 is 17.3 Å². The second-order valence-electron chi connectivity index (χ2n) is 4.67. The Morgan fingerprint density at radius 2 is 2.16 bits per heavy atom. The molecule has 0 saturated carbocycles. The zero-order valence-corrected chi connectivity index (χ0v) is 11.9. The largest absolute Gasteiger partial charge is 0.396 e. The van der Waals surface area contributed by atoms with Gasteiger partial charge in [0, 0.05) is 42.4 Å². The first-order valence-electron chi connectivity index (χ1n) is 6.23. The number of halogens is 1. The number of aliphatic hydroxyl groups is 1. The van der Waals surface area contributed by atoms with Gasteiger partial charge in [0.15, 0.2) is 0 Å². The van der Waals surface area contributed by atoms with Crippen LogP contribution in [-0.2, 0) is 6.54 Å². The maximum absolute atomic E-state index is 11.0. The molecule has 1 rings (SSSR count). The lowest BCUT2D eigenvalue weighted by Gasteiger charge is -2.26. The third-order valence-electron chi connectivity index (χ3n) is 2.95. The normalized spacial score (nSPS) is 11.3. The molecule has 106 valence electrons. The fourth-order valence-electron chi connectivity index (χ4n) is 1.85. The maximum Gasteiger partial charge on any atom is 0.275 e. The van der Waals surface area contributed by atoms with Crippen LogP contribution >= 0.6 is 11.6 Å². The summed E-state index contributed by atoms with van der Waals surface area (Å²) in [4.78, 5) is 12.7. The van der Waals surface area contributed by atoms with E-state index in [0.717, 1.165) is 0 Å². The molecule has 0 radical (unpaired) electrons.